The molecule has 4 rings (SSSR count). The van der Waals surface area contributed by atoms with Gasteiger partial charge in [-0.3, -0.25) is 4.79 Å². The third kappa shape index (κ3) is 3.68. The second kappa shape index (κ2) is 8.03. The highest BCUT2D eigenvalue weighted by atomic mass is 79.9. The average Bonchev–Trinajstić information content (AvgIpc) is 3.14. The minimum absolute atomic E-state index is 0.0537. The molecular formula is C21H22BrFN2O4S. The van der Waals surface area contributed by atoms with Crippen molar-refractivity contribution in [2.75, 3.05) is 26.2 Å². The second-order valence-corrected chi connectivity index (χ2v) is 10.3. The number of hydrogen-bond donors (Lipinski definition) is 0. The fourth-order valence-corrected chi connectivity index (χ4v) is 6.36. The lowest BCUT2D eigenvalue weighted by molar-refractivity contribution is -0.0857. The molecule has 30 heavy (non-hydrogen) atoms. The van der Waals surface area contributed by atoms with Crippen molar-refractivity contribution in [1.82, 2.24) is 9.21 Å². The second-order valence-electron chi connectivity index (χ2n) is 7.55. The van der Waals surface area contributed by atoms with Crippen LogP contribution in [0, 0.1) is 12.7 Å². The first-order chi connectivity index (χ1) is 14.2. The van der Waals surface area contributed by atoms with Gasteiger partial charge < -0.3 is 9.64 Å². The van der Waals surface area contributed by atoms with Crippen molar-refractivity contribution in [2.24, 2.45) is 0 Å². The number of aryl methyl sites for hydroxylation is 1. The number of sulfonamides is 1. The fourth-order valence-electron chi connectivity index (χ4n) is 4.10. The molecule has 2 fully saturated rings. The monoisotopic (exact) mass is 496 g/mol. The lowest BCUT2D eigenvalue weighted by atomic mass is 10.00. The molecule has 0 radical (unpaired) electrons. The molecule has 2 saturated heterocycles. The predicted molar refractivity (Wildman–Crippen MR) is 113 cm³/mol. The number of likely N-dealkylation sites (tertiary alicyclic amines) is 1. The van der Waals surface area contributed by atoms with Crippen LogP contribution in [0.5, 0.6) is 0 Å². The summed E-state index contributed by atoms with van der Waals surface area (Å²) in [7, 11) is -3.85. The normalized spacial score (nSPS) is 19.4. The van der Waals surface area contributed by atoms with E-state index in [1.54, 1.807) is 11.0 Å². The summed E-state index contributed by atoms with van der Waals surface area (Å²) >= 11 is 3.41. The minimum atomic E-state index is -3.85. The van der Waals surface area contributed by atoms with Crippen molar-refractivity contribution < 1.29 is 22.3 Å². The lowest BCUT2D eigenvalue weighted by Crippen LogP contribution is -2.55. The van der Waals surface area contributed by atoms with E-state index < -0.39 is 21.6 Å². The predicted octanol–water partition coefficient (Wildman–Crippen LogP) is 3.55. The average molecular weight is 497 g/mol. The van der Waals surface area contributed by atoms with Crippen molar-refractivity contribution >= 4 is 31.9 Å². The Morgan fingerprint density at radius 3 is 2.50 bits per heavy atom. The van der Waals surface area contributed by atoms with Gasteiger partial charge in [0.05, 0.1) is 17.1 Å². The van der Waals surface area contributed by atoms with Crippen molar-refractivity contribution in [2.45, 2.75) is 30.4 Å². The maximum Gasteiger partial charge on any atom is 0.255 e. The molecule has 0 aliphatic carbocycles. The zero-order valence-electron chi connectivity index (χ0n) is 16.5. The topological polar surface area (TPSA) is 66.9 Å². The molecule has 0 bridgehead atoms. The molecule has 160 valence electrons. The molecule has 1 amide bonds. The third-order valence-corrected chi connectivity index (χ3v) is 8.41. The molecule has 0 unspecified atom stereocenters. The van der Waals surface area contributed by atoms with Gasteiger partial charge in [-0.2, -0.15) is 4.31 Å². The summed E-state index contributed by atoms with van der Waals surface area (Å²) in [5.74, 6) is -0.542. The van der Waals surface area contributed by atoms with E-state index in [2.05, 4.69) is 15.9 Å². The van der Waals surface area contributed by atoms with Gasteiger partial charge in [0.2, 0.25) is 10.0 Å². The van der Waals surface area contributed by atoms with E-state index in [1.165, 1.54) is 29.4 Å². The van der Waals surface area contributed by atoms with Crippen molar-refractivity contribution in [1.29, 1.82) is 0 Å². The van der Waals surface area contributed by atoms with Crippen LogP contribution in [-0.2, 0) is 14.8 Å². The molecule has 2 aromatic carbocycles. The largest absolute Gasteiger partial charge is 0.358 e. The van der Waals surface area contributed by atoms with Gasteiger partial charge in [-0.1, -0.05) is 12.1 Å². The van der Waals surface area contributed by atoms with E-state index in [-0.39, 0.29) is 29.5 Å². The van der Waals surface area contributed by atoms with Crippen LogP contribution in [0.3, 0.4) is 0 Å². The first-order valence-electron chi connectivity index (χ1n) is 9.71. The lowest BCUT2D eigenvalue weighted by Gasteiger charge is -2.42. The number of nitrogens with zero attached hydrogens (tertiary/aromatic N) is 2. The van der Waals surface area contributed by atoms with Crippen LogP contribution in [0.2, 0.25) is 0 Å². The maximum absolute atomic E-state index is 13.6. The molecule has 2 aliphatic heterocycles. The SMILES string of the molecule is Cc1cc(S(=O)(=O)N2CCOC23CCN(C(=O)c2ccccc2Br)CC3)ccc1F. The fraction of sp³-hybridized carbons (Fsp3) is 0.381. The summed E-state index contributed by atoms with van der Waals surface area (Å²) in [6, 6.07) is 11.0. The van der Waals surface area contributed by atoms with Crippen LogP contribution in [0.25, 0.3) is 0 Å². The van der Waals surface area contributed by atoms with Gasteiger partial charge in [-0.05, 0) is 58.7 Å². The van der Waals surface area contributed by atoms with Crippen molar-refractivity contribution in [3.05, 3.63) is 63.9 Å². The smallest absolute Gasteiger partial charge is 0.255 e. The van der Waals surface area contributed by atoms with Crippen LogP contribution >= 0.6 is 15.9 Å². The standard InChI is InChI=1S/C21H22BrFN2O4S/c1-15-14-16(6-7-19(15)23)30(27,28)25-12-13-29-21(25)8-10-24(11-9-21)20(26)17-4-2-3-5-18(17)22/h2-7,14H,8-13H2,1H3. The number of ether oxygens (including phenoxy) is 1. The van der Waals surface area contributed by atoms with Gasteiger partial charge in [0.25, 0.3) is 5.91 Å². The number of benzene rings is 2. The zero-order valence-corrected chi connectivity index (χ0v) is 18.9. The number of hydrogen-bond acceptors (Lipinski definition) is 4. The van der Waals surface area contributed by atoms with E-state index in [0.29, 0.717) is 31.5 Å². The Morgan fingerprint density at radius 2 is 1.83 bits per heavy atom. The highest BCUT2D eigenvalue weighted by Gasteiger charge is 2.51. The van der Waals surface area contributed by atoms with Gasteiger partial charge in [0.1, 0.15) is 11.5 Å². The molecule has 0 atom stereocenters. The highest BCUT2D eigenvalue weighted by Crippen LogP contribution is 2.39. The molecule has 2 aromatic rings. The molecule has 0 saturated carbocycles. The number of rotatable bonds is 3. The maximum atomic E-state index is 13.6. The molecule has 9 heteroatoms. The Labute approximate surface area is 183 Å². The van der Waals surface area contributed by atoms with Crippen LogP contribution < -0.4 is 0 Å². The summed E-state index contributed by atoms with van der Waals surface area (Å²) in [6.45, 7) is 2.83. The Morgan fingerprint density at radius 1 is 1.13 bits per heavy atom. The number of carbonyl (C=O) groups is 1. The van der Waals surface area contributed by atoms with Crippen LogP contribution in [0.4, 0.5) is 4.39 Å². The Hall–Kier alpha value is -1.81. The molecule has 2 heterocycles. The highest BCUT2D eigenvalue weighted by molar-refractivity contribution is 9.10. The van der Waals surface area contributed by atoms with E-state index in [9.17, 15) is 17.6 Å². The van der Waals surface area contributed by atoms with Crippen molar-refractivity contribution in [3.8, 4) is 0 Å². The Balaban J connectivity index is 1.55. The Kier molecular flexibility index (Phi) is 5.73. The van der Waals surface area contributed by atoms with Crippen LogP contribution in [0.1, 0.15) is 28.8 Å². The molecule has 0 N–H and O–H groups in total. The van der Waals surface area contributed by atoms with E-state index in [1.807, 2.05) is 18.2 Å². The van der Waals surface area contributed by atoms with Crippen LogP contribution in [0.15, 0.2) is 51.8 Å². The summed E-state index contributed by atoms with van der Waals surface area (Å²) in [4.78, 5) is 14.7. The first-order valence-corrected chi connectivity index (χ1v) is 11.9. The van der Waals surface area contributed by atoms with E-state index in [0.717, 1.165) is 4.47 Å². The summed E-state index contributed by atoms with van der Waals surface area (Å²) < 4.78 is 48.3. The van der Waals surface area contributed by atoms with Crippen molar-refractivity contribution in [3.63, 3.8) is 0 Å². The number of halogens is 2. The summed E-state index contributed by atoms with van der Waals surface area (Å²) in [6.07, 6.45) is 0.755. The number of carbonyl (C=O) groups excluding carboxylic acids is 1. The third-order valence-electron chi connectivity index (χ3n) is 5.77. The molecule has 6 nitrogen and oxygen atoms in total. The quantitative estimate of drug-likeness (QED) is 0.651. The van der Waals surface area contributed by atoms with Gasteiger partial charge in [0.15, 0.2) is 0 Å². The van der Waals surface area contributed by atoms with Gasteiger partial charge >= 0.3 is 0 Å². The number of amides is 1. The van der Waals surface area contributed by atoms with E-state index in [4.69, 9.17) is 4.74 Å². The van der Waals surface area contributed by atoms with Gasteiger partial charge in [-0.25, -0.2) is 12.8 Å². The van der Waals surface area contributed by atoms with Gasteiger partial charge in [0, 0.05) is 36.9 Å². The minimum Gasteiger partial charge on any atom is -0.358 e. The number of piperidine rings is 1. The summed E-state index contributed by atoms with van der Waals surface area (Å²) in [5.41, 5.74) is -0.127. The van der Waals surface area contributed by atoms with E-state index >= 15 is 0 Å². The Bertz CT molecular complexity index is 1080. The molecule has 0 aromatic heterocycles. The van der Waals surface area contributed by atoms with Gasteiger partial charge in [-0.15, -0.1) is 0 Å². The molecule has 2 aliphatic rings. The zero-order chi connectivity index (χ0) is 21.5. The first kappa shape index (κ1) is 21.4. The molecule has 1 spiro atoms. The van der Waals surface area contributed by atoms with Crippen LogP contribution in [-0.4, -0.2) is 55.5 Å². The molecular weight excluding hydrogens is 475 g/mol. The summed E-state index contributed by atoms with van der Waals surface area (Å²) in [5, 5.41) is 0.